The van der Waals surface area contributed by atoms with Crippen LogP contribution in [0.5, 0.6) is 11.5 Å². The molecule has 156 valence electrons. The topological polar surface area (TPSA) is 60.5 Å². The molecule has 0 fully saturated rings. The molecule has 1 aromatic heterocycles. The second-order valence-electron chi connectivity index (χ2n) is 6.43. The molecule has 3 rings (SSSR count). The predicted octanol–water partition coefficient (Wildman–Crippen LogP) is 4.87. The van der Waals surface area contributed by atoms with Crippen LogP contribution < -0.4 is 14.8 Å². The molecule has 1 N–H and O–H groups in total. The van der Waals surface area contributed by atoms with Gasteiger partial charge in [-0.2, -0.15) is 13.2 Å². The Morgan fingerprint density at radius 2 is 1.77 bits per heavy atom. The number of ether oxygens (including phenoxy) is 2. The number of benzene rings is 2. The number of nitrogens with zero attached hydrogens (tertiary/aromatic N) is 1. The molecule has 0 spiro atoms. The van der Waals surface area contributed by atoms with Crippen molar-refractivity contribution in [2.45, 2.75) is 19.2 Å². The van der Waals surface area contributed by atoms with Crippen LogP contribution in [-0.4, -0.2) is 18.0 Å². The maximum absolute atomic E-state index is 12.8. The number of carbonyl (C=O) groups is 1. The lowest BCUT2D eigenvalue weighted by Gasteiger charge is -2.13. The standard InChI is InChI=1S/C22H19F3N2O3/c1-29-19-6-5-18(13-20(19)30-14-15-7-9-26-10-8-15)27-21(28)12-16-3-2-4-17(11-16)22(23,24)25/h2-11,13H,12,14H2,1H3,(H,27,28). The van der Waals surface area contributed by atoms with Crippen LogP contribution in [0.3, 0.4) is 0 Å². The van der Waals surface area contributed by atoms with E-state index in [0.717, 1.165) is 17.7 Å². The van der Waals surface area contributed by atoms with Gasteiger partial charge in [-0.05, 0) is 41.5 Å². The first-order chi connectivity index (χ1) is 14.3. The van der Waals surface area contributed by atoms with Crippen molar-refractivity contribution >= 4 is 11.6 Å². The van der Waals surface area contributed by atoms with Gasteiger partial charge < -0.3 is 14.8 Å². The molecule has 0 saturated carbocycles. The van der Waals surface area contributed by atoms with Crippen molar-refractivity contribution in [1.29, 1.82) is 0 Å². The summed E-state index contributed by atoms with van der Waals surface area (Å²) in [6.07, 6.45) is -1.34. The fraction of sp³-hybridized carbons (Fsp3) is 0.182. The molecule has 1 amide bonds. The lowest BCUT2D eigenvalue weighted by Crippen LogP contribution is -2.15. The van der Waals surface area contributed by atoms with Gasteiger partial charge in [0.25, 0.3) is 0 Å². The zero-order valence-electron chi connectivity index (χ0n) is 16.1. The molecule has 3 aromatic rings. The van der Waals surface area contributed by atoms with Gasteiger partial charge in [-0.3, -0.25) is 9.78 Å². The summed E-state index contributed by atoms with van der Waals surface area (Å²) in [5.74, 6) is 0.464. The maximum Gasteiger partial charge on any atom is 0.416 e. The van der Waals surface area contributed by atoms with Crippen LogP contribution in [0.15, 0.2) is 67.0 Å². The monoisotopic (exact) mass is 416 g/mol. The zero-order chi connectivity index (χ0) is 21.6. The minimum atomic E-state index is -4.45. The molecular formula is C22H19F3N2O3. The first-order valence-corrected chi connectivity index (χ1v) is 9.01. The number of aromatic nitrogens is 1. The highest BCUT2D eigenvalue weighted by Gasteiger charge is 2.30. The van der Waals surface area contributed by atoms with E-state index in [1.54, 1.807) is 30.6 Å². The molecule has 1 heterocycles. The zero-order valence-corrected chi connectivity index (χ0v) is 16.1. The van der Waals surface area contributed by atoms with Gasteiger partial charge in [-0.1, -0.05) is 18.2 Å². The minimum Gasteiger partial charge on any atom is -0.493 e. The van der Waals surface area contributed by atoms with Crippen molar-refractivity contribution < 1.29 is 27.4 Å². The lowest BCUT2D eigenvalue weighted by molar-refractivity contribution is -0.137. The van der Waals surface area contributed by atoms with Gasteiger partial charge in [0, 0.05) is 24.1 Å². The van der Waals surface area contributed by atoms with Crippen molar-refractivity contribution in [2.24, 2.45) is 0 Å². The summed E-state index contributed by atoms with van der Waals surface area (Å²) < 4.78 is 49.6. The molecule has 5 nitrogen and oxygen atoms in total. The molecule has 0 aliphatic carbocycles. The van der Waals surface area contributed by atoms with Crippen molar-refractivity contribution in [3.05, 3.63) is 83.7 Å². The molecular weight excluding hydrogens is 397 g/mol. The highest BCUT2D eigenvalue weighted by atomic mass is 19.4. The van der Waals surface area contributed by atoms with E-state index in [1.165, 1.54) is 19.2 Å². The van der Waals surface area contributed by atoms with E-state index < -0.39 is 17.6 Å². The fourth-order valence-electron chi connectivity index (χ4n) is 2.76. The Labute approximate surface area is 171 Å². The third-order valence-electron chi connectivity index (χ3n) is 4.21. The summed E-state index contributed by atoms with van der Waals surface area (Å²) in [4.78, 5) is 16.3. The number of alkyl halides is 3. The maximum atomic E-state index is 12.8. The Morgan fingerprint density at radius 1 is 1.00 bits per heavy atom. The van der Waals surface area contributed by atoms with Gasteiger partial charge >= 0.3 is 6.18 Å². The van der Waals surface area contributed by atoms with Gasteiger partial charge in [-0.25, -0.2) is 0 Å². The van der Waals surface area contributed by atoms with Crippen LogP contribution in [0.25, 0.3) is 0 Å². The smallest absolute Gasteiger partial charge is 0.416 e. The van der Waals surface area contributed by atoms with Crippen LogP contribution in [-0.2, 0) is 24.0 Å². The summed E-state index contributed by atoms with van der Waals surface area (Å²) in [5.41, 5.74) is 0.831. The average Bonchev–Trinajstić information content (AvgIpc) is 2.72. The molecule has 0 aliphatic rings. The molecule has 0 radical (unpaired) electrons. The number of hydrogen-bond acceptors (Lipinski definition) is 4. The van der Waals surface area contributed by atoms with Gasteiger partial charge in [0.05, 0.1) is 19.1 Å². The number of methoxy groups -OCH3 is 1. The average molecular weight is 416 g/mol. The third-order valence-corrected chi connectivity index (χ3v) is 4.21. The summed E-state index contributed by atoms with van der Waals surface area (Å²) in [6, 6.07) is 13.2. The summed E-state index contributed by atoms with van der Waals surface area (Å²) in [5, 5.41) is 2.67. The number of nitrogens with one attached hydrogen (secondary N) is 1. The van der Waals surface area contributed by atoms with Crippen LogP contribution >= 0.6 is 0 Å². The van der Waals surface area contributed by atoms with Gasteiger partial charge in [-0.15, -0.1) is 0 Å². The number of amides is 1. The lowest BCUT2D eigenvalue weighted by atomic mass is 10.1. The largest absolute Gasteiger partial charge is 0.493 e. The number of rotatable bonds is 7. The van der Waals surface area contributed by atoms with E-state index in [-0.39, 0.29) is 18.6 Å². The molecule has 0 atom stereocenters. The second-order valence-corrected chi connectivity index (χ2v) is 6.43. The van der Waals surface area contributed by atoms with Crippen LogP contribution in [0, 0.1) is 0 Å². The van der Waals surface area contributed by atoms with E-state index in [2.05, 4.69) is 10.3 Å². The number of halogens is 3. The van der Waals surface area contributed by atoms with Gasteiger partial charge in [0.2, 0.25) is 5.91 Å². The highest BCUT2D eigenvalue weighted by molar-refractivity contribution is 5.92. The summed E-state index contributed by atoms with van der Waals surface area (Å²) >= 11 is 0. The van der Waals surface area contributed by atoms with Crippen LogP contribution in [0.4, 0.5) is 18.9 Å². The van der Waals surface area contributed by atoms with E-state index in [9.17, 15) is 18.0 Å². The van der Waals surface area contributed by atoms with E-state index in [0.29, 0.717) is 17.2 Å². The van der Waals surface area contributed by atoms with Gasteiger partial charge in [0.1, 0.15) is 6.61 Å². The molecule has 30 heavy (non-hydrogen) atoms. The van der Waals surface area contributed by atoms with Gasteiger partial charge in [0.15, 0.2) is 11.5 Å². The normalized spacial score (nSPS) is 11.1. The first kappa shape index (κ1) is 21.2. The predicted molar refractivity (Wildman–Crippen MR) is 105 cm³/mol. The van der Waals surface area contributed by atoms with Crippen molar-refractivity contribution in [1.82, 2.24) is 4.98 Å². The van der Waals surface area contributed by atoms with Crippen molar-refractivity contribution in [2.75, 3.05) is 12.4 Å². The third kappa shape index (κ3) is 5.73. The Morgan fingerprint density at radius 3 is 2.47 bits per heavy atom. The summed E-state index contributed by atoms with van der Waals surface area (Å²) in [6.45, 7) is 0.278. The number of anilines is 1. The van der Waals surface area contributed by atoms with Crippen LogP contribution in [0.1, 0.15) is 16.7 Å². The number of pyridine rings is 1. The molecule has 0 saturated heterocycles. The van der Waals surface area contributed by atoms with E-state index in [4.69, 9.17) is 9.47 Å². The Hall–Kier alpha value is -3.55. The number of hydrogen-bond donors (Lipinski definition) is 1. The first-order valence-electron chi connectivity index (χ1n) is 9.01. The fourth-order valence-corrected chi connectivity index (χ4v) is 2.76. The molecule has 0 bridgehead atoms. The van der Waals surface area contributed by atoms with E-state index in [1.807, 2.05) is 12.1 Å². The van der Waals surface area contributed by atoms with E-state index >= 15 is 0 Å². The van der Waals surface area contributed by atoms with Crippen molar-refractivity contribution in [3.8, 4) is 11.5 Å². The Balaban J connectivity index is 1.68. The quantitative estimate of drug-likeness (QED) is 0.597. The number of carbonyl (C=O) groups excluding carboxylic acids is 1. The summed E-state index contributed by atoms with van der Waals surface area (Å²) in [7, 11) is 1.50. The van der Waals surface area contributed by atoms with Crippen molar-refractivity contribution in [3.63, 3.8) is 0 Å². The highest BCUT2D eigenvalue weighted by Crippen LogP contribution is 2.31. The minimum absolute atomic E-state index is 0.191. The van der Waals surface area contributed by atoms with Crippen LogP contribution in [0.2, 0.25) is 0 Å². The Bertz CT molecular complexity index is 1010. The SMILES string of the molecule is COc1ccc(NC(=O)Cc2cccc(C(F)(F)F)c2)cc1OCc1ccncc1. The molecule has 0 aliphatic heterocycles. The molecule has 8 heteroatoms. The second kappa shape index (κ2) is 9.30. The molecule has 0 unspecified atom stereocenters. The Kier molecular flexibility index (Phi) is 6.56. The molecule has 2 aromatic carbocycles.